The molecule has 17 heavy (non-hydrogen) atoms. The van der Waals surface area contributed by atoms with Crippen LogP contribution in [-0.4, -0.2) is 16.0 Å². The van der Waals surface area contributed by atoms with E-state index in [9.17, 15) is 13.0 Å². The highest BCUT2D eigenvalue weighted by Crippen LogP contribution is 2.22. The van der Waals surface area contributed by atoms with E-state index in [2.05, 4.69) is 15.9 Å². The van der Waals surface area contributed by atoms with E-state index in [-0.39, 0.29) is 21.8 Å². The fraction of sp³-hybridized carbons (Fsp3) is 0.455. The highest BCUT2D eigenvalue weighted by atomic mass is 79.9. The number of rotatable bonds is 5. The van der Waals surface area contributed by atoms with E-state index < -0.39 is 22.4 Å². The minimum Gasteiger partial charge on any atom is -0.328 e. The summed E-state index contributed by atoms with van der Waals surface area (Å²) >= 11 is 2.97. The maximum absolute atomic E-state index is 13.6. The highest BCUT2D eigenvalue weighted by molar-refractivity contribution is 9.10. The summed E-state index contributed by atoms with van der Waals surface area (Å²) in [5.41, 5.74) is 5.39. The van der Waals surface area contributed by atoms with Crippen molar-refractivity contribution in [3.8, 4) is 0 Å². The number of hydrogen-bond donors (Lipinski definition) is 1. The molecule has 0 heterocycles. The molecule has 0 bridgehead atoms. The number of benzene rings is 1. The molecule has 0 aromatic heterocycles. The Kier molecular flexibility index (Phi) is 5.69. The summed E-state index contributed by atoms with van der Waals surface area (Å²) < 4.78 is 38.8. The van der Waals surface area contributed by atoms with E-state index in [1.54, 1.807) is 6.92 Å². The molecular weight excluding hydrogens is 312 g/mol. The molecule has 1 aromatic carbocycles. The molecule has 0 fully saturated rings. The van der Waals surface area contributed by atoms with Crippen LogP contribution >= 0.6 is 15.9 Å². The zero-order valence-corrected chi connectivity index (χ0v) is 11.8. The van der Waals surface area contributed by atoms with Crippen molar-refractivity contribution in [1.29, 1.82) is 0 Å². The fourth-order valence-corrected chi connectivity index (χ4v) is 2.99. The second kappa shape index (κ2) is 6.56. The predicted octanol–water partition coefficient (Wildman–Crippen LogP) is 2.71. The second-order valence-corrected chi connectivity index (χ2v) is 6.31. The first-order valence-electron chi connectivity index (χ1n) is 5.14. The Morgan fingerprint density at radius 3 is 2.71 bits per heavy atom. The maximum atomic E-state index is 13.6. The van der Waals surface area contributed by atoms with Crippen molar-refractivity contribution < 1.29 is 13.0 Å². The van der Waals surface area contributed by atoms with Crippen LogP contribution in [0.3, 0.4) is 0 Å². The van der Waals surface area contributed by atoms with E-state index in [0.29, 0.717) is 12.2 Å². The Labute approximate surface area is 110 Å². The fourth-order valence-electron chi connectivity index (χ4n) is 1.25. The van der Waals surface area contributed by atoms with Gasteiger partial charge in [-0.2, -0.15) is 0 Å². The molecular formula is C11H14BrF2NOS. The molecule has 2 atom stereocenters. The number of hydrogen-bond acceptors (Lipinski definition) is 2. The van der Waals surface area contributed by atoms with Crippen LogP contribution in [0.25, 0.3) is 0 Å². The molecule has 0 spiro atoms. The summed E-state index contributed by atoms with van der Waals surface area (Å²) in [5, 5.41) is 0. The highest BCUT2D eigenvalue weighted by Gasteiger charge is 2.15. The summed E-state index contributed by atoms with van der Waals surface area (Å²) in [6.07, 6.45) is 0.573. The summed E-state index contributed by atoms with van der Waals surface area (Å²) in [5.74, 6) is -1.12. The van der Waals surface area contributed by atoms with Crippen molar-refractivity contribution >= 4 is 26.7 Å². The lowest BCUT2D eigenvalue weighted by Crippen LogP contribution is -2.18. The standard InChI is InChI=1S/C11H14BrF2NOS/c1-7(15)4-5-17(16)6-8-10(13)3-2-9(12)11(8)14/h2-3,7H,4-6,15H2,1H3. The van der Waals surface area contributed by atoms with Gasteiger partial charge >= 0.3 is 0 Å². The average Bonchev–Trinajstić information content (AvgIpc) is 2.27. The van der Waals surface area contributed by atoms with Gasteiger partial charge < -0.3 is 5.73 Å². The lowest BCUT2D eigenvalue weighted by molar-refractivity contribution is 0.560. The van der Waals surface area contributed by atoms with Gasteiger partial charge in [0.25, 0.3) is 0 Å². The topological polar surface area (TPSA) is 43.1 Å². The van der Waals surface area contributed by atoms with Gasteiger partial charge in [-0.05, 0) is 41.4 Å². The lowest BCUT2D eigenvalue weighted by Gasteiger charge is -2.08. The summed E-state index contributed by atoms with van der Waals surface area (Å²) in [7, 11) is -1.30. The smallest absolute Gasteiger partial charge is 0.144 e. The molecule has 1 rings (SSSR count). The molecule has 0 saturated heterocycles. The van der Waals surface area contributed by atoms with Crippen molar-refractivity contribution in [1.82, 2.24) is 0 Å². The molecule has 0 amide bonds. The molecule has 2 N–H and O–H groups in total. The van der Waals surface area contributed by atoms with E-state index in [4.69, 9.17) is 5.73 Å². The lowest BCUT2D eigenvalue weighted by atomic mass is 10.2. The van der Waals surface area contributed by atoms with Crippen LogP contribution in [0.4, 0.5) is 8.78 Å². The monoisotopic (exact) mass is 325 g/mol. The minimum absolute atomic E-state index is 0.0591. The molecule has 0 aliphatic rings. The molecule has 0 radical (unpaired) electrons. The quantitative estimate of drug-likeness (QED) is 0.846. The van der Waals surface area contributed by atoms with Crippen molar-refractivity contribution in [2.75, 3.05) is 5.75 Å². The molecule has 0 aliphatic heterocycles. The van der Waals surface area contributed by atoms with Crippen LogP contribution in [0.5, 0.6) is 0 Å². The van der Waals surface area contributed by atoms with E-state index in [1.165, 1.54) is 6.07 Å². The molecule has 6 heteroatoms. The SMILES string of the molecule is CC(N)CCS(=O)Cc1c(F)ccc(Br)c1F. The van der Waals surface area contributed by atoms with Gasteiger partial charge in [-0.1, -0.05) is 0 Å². The number of nitrogens with two attached hydrogens (primary N) is 1. The van der Waals surface area contributed by atoms with Crippen LogP contribution in [0.15, 0.2) is 16.6 Å². The molecule has 1 aromatic rings. The zero-order chi connectivity index (χ0) is 13.0. The molecule has 0 aliphatic carbocycles. The van der Waals surface area contributed by atoms with E-state index >= 15 is 0 Å². The van der Waals surface area contributed by atoms with Crippen LogP contribution in [-0.2, 0) is 16.6 Å². The van der Waals surface area contributed by atoms with Gasteiger partial charge in [0.05, 0.1) is 10.2 Å². The second-order valence-electron chi connectivity index (χ2n) is 3.88. The van der Waals surface area contributed by atoms with Crippen LogP contribution in [0, 0.1) is 11.6 Å². The average molecular weight is 326 g/mol. The molecule has 2 unspecified atom stereocenters. The Balaban J connectivity index is 2.74. The molecule has 2 nitrogen and oxygen atoms in total. The van der Waals surface area contributed by atoms with Gasteiger partial charge in [0.1, 0.15) is 11.6 Å². The van der Waals surface area contributed by atoms with Crippen molar-refractivity contribution in [3.63, 3.8) is 0 Å². The Morgan fingerprint density at radius 2 is 2.12 bits per heavy atom. The zero-order valence-electron chi connectivity index (χ0n) is 9.38. The first kappa shape index (κ1) is 14.7. The van der Waals surface area contributed by atoms with Gasteiger partial charge in [0.2, 0.25) is 0 Å². The largest absolute Gasteiger partial charge is 0.328 e. The minimum atomic E-state index is -1.30. The normalized spacial score (nSPS) is 14.6. The van der Waals surface area contributed by atoms with E-state index in [0.717, 1.165) is 6.07 Å². The third-order valence-corrected chi connectivity index (χ3v) is 4.16. The molecule has 0 saturated carbocycles. The Bertz CT molecular complexity index is 426. The first-order valence-corrected chi connectivity index (χ1v) is 7.43. The third kappa shape index (κ3) is 4.44. The van der Waals surface area contributed by atoms with Crippen LogP contribution in [0.1, 0.15) is 18.9 Å². The summed E-state index contributed by atoms with van der Waals surface area (Å²) in [6.45, 7) is 1.80. The Hall–Kier alpha value is -0.330. The predicted molar refractivity (Wildman–Crippen MR) is 69.0 cm³/mol. The van der Waals surface area contributed by atoms with Crippen LogP contribution < -0.4 is 5.73 Å². The van der Waals surface area contributed by atoms with Crippen LogP contribution in [0.2, 0.25) is 0 Å². The maximum Gasteiger partial charge on any atom is 0.144 e. The van der Waals surface area contributed by atoms with Gasteiger partial charge in [-0.25, -0.2) is 8.78 Å². The van der Waals surface area contributed by atoms with Crippen molar-refractivity contribution in [2.24, 2.45) is 5.73 Å². The summed E-state index contributed by atoms with van der Waals surface area (Å²) in [4.78, 5) is 0. The third-order valence-electron chi connectivity index (χ3n) is 2.25. The van der Waals surface area contributed by atoms with Gasteiger partial charge in [0.15, 0.2) is 0 Å². The van der Waals surface area contributed by atoms with E-state index in [1.807, 2.05) is 0 Å². The first-order chi connectivity index (χ1) is 7.91. The van der Waals surface area contributed by atoms with Gasteiger partial charge in [0, 0.05) is 28.2 Å². The number of halogens is 3. The van der Waals surface area contributed by atoms with Gasteiger partial charge in [-0.15, -0.1) is 0 Å². The van der Waals surface area contributed by atoms with Crippen molar-refractivity contribution in [2.45, 2.75) is 25.1 Å². The molecule has 96 valence electrons. The Morgan fingerprint density at radius 1 is 1.47 bits per heavy atom. The summed E-state index contributed by atoms with van der Waals surface area (Å²) in [6, 6.07) is 2.39. The van der Waals surface area contributed by atoms with Crippen molar-refractivity contribution in [3.05, 3.63) is 33.8 Å². The van der Waals surface area contributed by atoms with Gasteiger partial charge in [-0.3, -0.25) is 4.21 Å².